The van der Waals surface area contributed by atoms with Gasteiger partial charge in [-0.3, -0.25) is 0 Å². The van der Waals surface area contributed by atoms with Crippen molar-refractivity contribution < 1.29 is 4.74 Å². The Hall–Kier alpha value is -0.310. The van der Waals surface area contributed by atoms with Crippen LogP contribution in [0.1, 0.15) is 41.0 Å². The number of hydrogen-bond acceptors (Lipinski definition) is 2. The molecule has 1 aliphatic rings. The predicted octanol–water partition coefficient (Wildman–Crippen LogP) is 2.47. The zero-order chi connectivity index (χ0) is 10.3. The summed E-state index contributed by atoms with van der Waals surface area (Å²) in [5.74, 6) is 0.479. The molecule has 1 N–H and O–H groups in total. The van der Waals surface area contributed by atoms with Gasteiger partial charge in [-0.25, -0.2) is 0 Å². The van der Waals surface area contributed by atoms with Crippen LogP contribution in [0.2, 0.25) is 0 Å². The molecule has 0 aliphatic carbocycles. The number of nitrogens with one attached hydrogen (secondary N) is 1. The smallest absolute Gasteiger partial charge is 0.257 e. The lowest BCUT2D eigenvalue weighted by Crippen LogP contribution is -2.58. The van der Waals surface area contributed by atoms with Crippen LogP contribution in [0.4, 0.5) is 0 Å². The van der Waals surface area contributed by atoms with E-state index in [0.29, 0.717) is 11.1 Å². The molecule has 2 nitrogen and oxygen atoms in total. The highest BCUT2D eigenvalue weighted by Gasteiger charge is 2.42. The predicted molar refractivity (Wildman–Crippen MR) is 58.8 cm³/mol. The van der Waals surface area contributed by atoms with Crippen LogP contribution in [0.15, 0.2) is 0 Å². The molecule has 1 aliphatic heterocycles. The molecule has 0 amide bonds. The Balaban J connectivity index is 2.84. The molecule has 76 valence electrons. The minimum Gasteiger partial charge on any atom is -0.464 e. The van der Waals surface area contributed by atoms with Crippen molar-refractivity contribution in [3.05, 3.63) is 0 Å². The van der Waals surface area contributed by atoms with Gasteiger partial charge in [0.15, 0.2) is 0 Å². The van der Waals surface area contributed by atoms with Crippen molar-refractivity contribution >= 4 is 17.4 Å². The summed E-state index contributed by atoms with van der Waals surface area (Å²) >= 11 is 5.09. The summed E-state index contributed by atoms with van der Waals surface area (Å²) < 4.78 is 5.69. The van der Waals surface area contributed by atoms with E-state index in [9.17, 15) is 0 Å². The fourth-order valence-corrected chi connectivity index (χ4v) is 2.26. The van der Waals surface area contributed by atoms with Crippen LogP contribution >= 0.6 is 12.2 Å². The molecule has 1 saturated heterocycles. The highest BCUT2D eigenvalue weighted by molar-refractivity contribution is 7.80. The van der Waals surface area contributed by atoms with E-state index in [0.717, 1.165) is 6.42 Å². The van der Waals surface area contributed by atoms with Crippen molar-refractivity contribution in [1.82, 2.24) is 5.32 Å². The van der Waals surface area contributed by atoms with Gasteiger partial charge < -0.3 is 10.1 Å². The van der Waals surface area contributed by atoms with Crippen LogP contribution in [0.5, 0.6) is 0 Å². The molecule has 0 saturated carbocycles. The molecule has 1 fully saturated rings. The lowest BCUT2D eigenvalue weighted by atomic mass is 9.80. The summed E-state index contributed by atoms with van der Waals surface area (Å²) in [7, 11) is 0. The number of rotatable bonds is 1. The number of hydrogen-bond donors (Lipinski definition) is 1. The maximum Gasteiger partial charge on any atom is 0.257 e. The monoisotopic (exact) mass is 201 g/mol. The van der Waals surface area contributed by atoms with E-state index in [-0.39, 0.29) is 11.1 Å². The minimum atomic E-state index is -0.119. The Morgan fingerprint density at radius 1 is 1.38 bits per heavy atom. The molecule has 0 spiro atoms. The first-order valence-electron chi connectivity index (χ1n) is 4.76. The first-order chi connectivity index (χ1) is 5.75. The van der Waals surface area contributed by atoms with Crippen molar-refractivity contribution in [2.75, 3.05) is 0 Å². The van der Waals surface area contributed by atoms with Crippen molar-refractivity contribution in [2.45, 2.75) is 52.2 Å². The van der Waals surface area contributed by atoms with Gasteiger partial charge in [-0.2, -0.15) is 0 Å². The Morgan fingerprint density at radius 2 is 1.92 bits per heavy atom. The van der Waals surface area contributed by atoms with Gasteiger partial charge in [0.25, 0.3) is 5.17 Å². The Kier molecular flexibility index (Phi) is 2.59. The molecule has 1 rings (SSSR count). The molecule has 1 heterocycles. The second kappa shape index (κ2) is 3.12. The van der Waals surface area contributed by atoms with Crippen molar-refractivity contribution in [2.24, 2.45) is 5.92 Å². The Bertz CT molecular complexity index is 225. The second-order valence-corrected chi connectivity index (χ2v) is 5.41. The third-order valence-electron chi connectivity index (χ3n) is 2.78. The molecule has 0 aromatic carbocycles. The normalized spacial score (nSPS) is 32.6. The summed E-state index contributed by atoms with van der Waals surface area (Å²) in [4.78, 5) is 0. The van der Waals surface area contributed by atoms with Crippen molar-refractivity contribution in [3.63, 3.8) is 0 Å². The van der Waals surface area contributed by atoms with Crippen LogP contribution in [-0.2, 0) is 4.74 Å². The van der Waals surface area contributed by atoms with E-state index in [4.69, 9.17) is 17.0 Å². The molecule has 0 bridgehead atoms. The van der Waals surface area contributed by atoms with Crippen LogP contribution in [0.25, 0.3) is 0 Å². The van der Waals surface area contributed by atoms with Gasteiger partial charge in [-0.15, -0.1) is 0 Å². The first kappa shape index (κ1) is 10.8. The lowest BCUT2D eigenvalue weighted by Gasteiger charge is -2.46. The van der Waals surface area contributed by atoms with Gasteiger partial charge in [0.05, 0.1) is 0 Å². The molecular formula is C10H19NOS. The van der Waals surface area contributed by atoms with Crippen molar-refractivity contribution in [1.29, 1.82) is 0 Å². The van der Waals surface area contributed by atoms with Gasteiger partial charge in [-0.1, -0.05) is 13.8 Å². The third-order valence-corrected chi connectivity index (χ3v) is 2.97. The summed E-state index contributed by atoms with van der Waals surface area (Å²) in [6.07, 6.45) is 0.984. The van der Waals surface area contributed by atoms with Gasteiger partial charge in [-0.05, 0) is 38.9 Å². The van der Waals surface area contributed by atoms with Crippen LogP contribution < -0.4 is 5.32 Å². The SMILES string of the molecule is CC(C)C1(C)CC(C)(C)NC(=S)O1. The average molecular weight is 201 g/mol. The van der Waals surface area contributed by atoms with Gasteiger partial charge in [0, 0.05) is 12.0 Å². The fraction of sp³-hybridized carbons (Fsp3) is 0.900. The third kappa shape index (κ3) is 2.33. The zero-order valence-corrected chi connectivity index (χ0v) is 9.92. The van der Waals surface area contributed by atoms with E-state index in [1.165, 1.54) is 0 Å². The largest absolute Gasteiger partial charge is 0.464 e. The van der Waals surface area contributed by atoms with Crippen LogP contribution in [0, 0.1) is 5.92 Å². The zero-order valence-electron chi connectivity index (χ0n) is 9.10. The standard InChI is InChI=1S/C10H19NOS/c1-7(2)10(5)6-9(3,4)11-8(13)12-10/h7H,6H2,1-5H3,(H,11,13). The van der Waals surface area contributed by atoms with Gasteiger partial charge >= 0.3 is 0 Å². The summed E-state index contributed by atoms with van der Waals surface area (Å²) in [6.45, 7) is 10.8. The molecule has 3 heteroatoms. The molecule has 13 heavy (non-hydrogen) atoms. The molecule has 1 atom stereocenters. The maximum atomic E-state index is 5.69. The molecule has 0 aromatic heterocycles. The van der Waals surface area contributed by atoms with E-state index >= 15 is 0 Å². The molecular weight excluding hydrogens is 182 g/mol. The summed E-state index contributed by atoms with van der Waals surface area (Å²) in [6, 6.07) is 0. The average Bonchev–Trinajstić information content (AvgIpc) is 1.79. The number of thiocarbonyl (C=S) groups is 1. The fourth-order valence-electron chi connectivity index (χ4n) is 1.79. The van der Waals surface area contributed by atoms with Gasteiger partial charge in [0.2, 0.25) is 0 Å². The lowest BCUT2D eigenvalue weighted by molar-refractivity contribution is -0.0250. The minimum absolute atomic E-state index is 0.0500. The summed E-state index contributed by atoms with van der Waals surface area (Å²) in [5.41, 5.74) is -0.0693. The molecule has 0 aromatic rings. The van der Waals surface area contributed by atoms with E-state index < -0.39 is 0 Å². The summed E-state index contributed by atoms with van der Waals surface area (Å²) in [5, 5.41) is 3.71. The molecule has 0 radical (unpaired) electrons. The second-order valence-electron chi connectivity index (χ2n) is 5.04. The Labute approximate surface area is 86.0 Å². The van der Waals surface area contributed by atoms with E-state index in [1.807, 2.05) is 0 Å². The quantitative estimate of drug-likeness (QED) is 0.659. The first-order valence-corrected chi connectivity index (χ1v) is 5.17. The highest BCUT2D eigenvalue weighted by atomic mass is 32.1. The Morgan fingerprint density at radius 3 is 2.31 bits per heavy atom. The van der Waals surface area contributed by atoms with E-state index in [1.54, 1.807) is 0 Å². The molecule has 1 unspecified atom stereocenters. The highest BCUT2D eigenvalue weighted by Crippen LogP contribution is 2.34. The number of ether oxygens (including phenoxy) is 1. The van der Waals surface area contributed by atoms with Crippen LogP contribution in [-0.4, -0.2) is 16.3 Å². The van der Waals surface area contributed by atoms with Gasteiger partial charge in [0.1, 0.15) is 5.60 Å². The topological polar surface area (TPSA) is 21.3 Å². The van der Waals surface area contributed by atoms with Crippen molar-refractivity contribution in [3.8, 4) is 0 Å². The maximum absolute atomic E-state index is 5.69. The van der Waals surface area contributed by atoms with Crippen LogP contribution in [0.3, 0.4) is 0 Å². The van der Waals surface area contributed by atoms with E-state index in [2.05, 4.69) is 39.9 Å².